The first-order valence-electron chi connectivity index (χ1n) is 6.90. The summed E-state index contributed by atoms with van der Waals surface area (Å²) in [6.45, 7) is 11.7. The molecule has 0 fully saturated rings. The minimum atomic E-state index is 0.0984. The first kappa shape index (κ1) is 14.7. The van der Waals surface area contributed by atoms with Crippen LogP contribution in [0, 0.1) is 6.92 Å². The molecule has 1 aromatic heterocycles. The van der Waals surface area contributed by atoms with E-state index in [1.807, 2.05) is 13.1 Å². The maximum absolute atomic E-state index is 4.56. The lowest BCUT2D eigenvalue weighted by Crippen LogP contribution is -2.33. The van der Waals surface area contributed by atoms with E-state index in [2.05, 4.69) is 48.3 Å². The van der Waals surface area contributed by atoms with E-state index in [4.69, 9.17) is 0 Å². The van der Waals surface area contributed by atoms with Crippen LogP contribution in [0.3, 0.4) is 0 Å². The van der Waals surface area contributed by atoms with Gasteiger partial charge in [-0.2, -0.15) is 4.98 Å². The van der Waals surface area contributed by atoms with Crippen LogP contribution >= 0.6 is 0 Å². The summed E-state index contributed by atoms with van der Waals surface area (Å²) in [5, 5.41) is 6.77. The van der Waals surface area contributed by atoms with E-state index in [1.165, 1.54) is 0 Å². The number of rotatable bonds is 7. The van der Waals surface area contributed by atoms with Gasteiger partial charge in [0.2, 0.25) is 5.95 Å². The van der Waals surface area contributed by atoms with Crippen LogP contribution in [0.1, 0.15) is 52.5 Å². The summed E-state index contributed by atoms with van der Waals surface area (Å²) in [6, 6.07) is 0. The van der Waals surface area contributed by atoms with Gasteiger partial charge in [0.15, 0.2) is 0 Å². The summed E-state index contributed by atoms with van der Waals surface area (Å²) in [4.78, 5) is 8.85. The third kappa shape index (κ3) is 3.86. The van der Waals surface area contributed by atoms with E-state index in [9.17, 15) is 0 Å². The molecule has 0 atom stereocenters. The quantitative estimate of drug-likeness (QED) is 0.776. The van der Waals surface area contributed by atoms with E-state index in [1.54, 1.807) is 0 Å². The molecule has 1 rings (SSSR count). The Hall–Kier alpha value is -1.32. The van der Waals surface area contributed by atoms with Crippen LogP contribution in [-0.4, -0.2) is 22.1 Å². The van der Waals surface area contributed by atoms with E-state index in [0.29, 0.717) is 5.95 Å². The molecule has 0 saturated heterocycles. The molecule has 0 radical (unpaired) electrons. The predicted molar refractivity (Wildman–Crippen MR) is 78.2 cm³/mol. The fourth-order valence-corrected chi connectivity index (χ4v) is 1.60. The second-order valence-electron chi connectivity index (χ2n) is 5.04. The Morgan fingerprint density at radius 1 is 1.22 bits per heavy atom. The van der Waals surface area contributed by atoms with Gasteiger partial charge >= 0.3 is 0 Å². The van der Waals surface area contributed by atoms with Crippen molar-refractivity contribution in [2.75, 3.05) is 17.2 Å². The lowest BCUT2D eigenvalue weighted by Gasteiger charge is -2.29. The van der Waals surface area contributed by atoms with Crippen molar-refractivity contribution >= 4 is 11.8 Å². The zero-order chi connectivity index (χ0) is 13.6. The Kier molecular flexibility index (Phi) is 5.38. The topological polar surface area (TPSA) is 49.8 Å². The number of nitrogens with one attached hydrogen (secondary N) is 2. The molecule has 18 heavy (non-hydrogen) atoms. The molecule has 4 heteroatoms. The zero-order valence-electron chi connectivity index (χ0n) is 12.3. The number of nitrogens with zero attached hydrogens (tertiary/aromatic N) is 2. The Labute approximate surface area is 111 Å². The molecule has 0 aliphatic carbocycles. The van der Waals surface area contributed by atoms with Crippen molar-refractivity contribution in [1.29, 1.82) is 0 Å². The van der Waals surface area contributed by atoms with Gasteiger partial charge in [-0.25, -0.2) is 4.98 Å². The smallest absolute Gasteiger partial charge is 0.224 e. The number of anilines is 2. The number of hydrogen-bond acceptors (Lipinski definition) is 4. The second-order valence-corrected chi connectivity index (χ2v) is 5.04. The first-order valence-corrected chi connectivity index (χ1v) is 6.90. The van der Waals surface area contributed by atoms with Crippen LogP contribution in [0.5, 0.6) is 0 Å². The molecule has 0 spiro atoms. The molecular weight excluding hydrogens is 224 g/mol. The molecule has 4 nitrogen and oxygen atoms in total. The van der Waals surface area contributed by atoms with E-state index in [0.717, 1.165) is 37.2 Å². The van der Waals surface area contributed by atoms with Gasteiger partial charge in [-0.05, 0) is 33.1 Å². The Morgan fingerprint density at radius 2 is 1.89 bits per heavy atom. The Balaban J connectivity index is 2.86. The summed E-state index contributed by atoms with van der Waals surface area (Å²) in [5.41, 5.74) is 1.19. The number of aryl methyl sites for hydroxylation is 1. The van der Waals surface area contributed by atoms with Crippen molar-refractivity contribution in [3.63, 3.8) is 0 Å². The summed E-state index contributed by atoms with van der Waals surface area (Å²) in [7, 11) is 0. The largest absolute Gasteiger partial charge is 0.365 e. The minimum absolute atomic E-state index is 0.0984. The highest BCUT2D eigenvalue weighted by Gasteiger charge is 2.20. The highest BCUT2D eigenvalue weighted by molar-refractivity contribution is 5.48. The molecule has 0 bridgehead atoms. The van der Waals surface area contributed by atoms with Crippen LogP contribution < -0.4 is 10.6 Å². The number of aromatic nitrogens is 2. The average molecular weight is 250 g/mol. The third-order valence-corrected chi connectivity index (χ3v) is 3.49. The van der Waals surface area contributed by atoms with Gasteiger partial charge in [0, 0.05) is 23.8 Å². The zero-order valence-corrected chi connectivity index (χ0v) is 12.3. The Morgan fingerprint density at radius 3 is 2.44 bits per heavy atom. The molecule has 1 aromatic rings. The molecule has 0 unspecified atom stereocenters. The lowest BCUT2D eigenvalue weighted by molar-refractivity contribution is 0.476. The summed E-state index contributed by atoms with van der Waals surface area (Å²) < 4.78 is 0. The lowest BCUT2D eigenvalue weighted by atomic mass is 9.95. The van der Waals surface area contributed by atoms with Gasteiger partial charge in [0.05, 0.1) is 0 Å². The van der Waals surface area contributed by atoms with Gasteiger partial charge in [-0.1, -0.05) is 20.8 Å². The van der Waals surface area contributed by atoms with Gasteiger partial charge in [-0.3, -0.25) is 0 Å². The first-order chi connectivity index (χ1) is 8.54. The SMILES string of the molecule is CCCNc1ncc(C)c(NC(C)(CC)CC)n1. The molecule has 0 amide bonds. The van der Waals surface area contributed by atoms with Crippen LogP contribution in [-0.2, 0) is 0 Å². The van der Waals surface area contributed by atoms with Crippen molar-refractivity contribution in [3.05, 3.63) is 11.8 Å². The highest BCUT2D eigenvalue weighted by atomic mass is 15.2. The predicted octanol–water partition coefficient (Wildman–Crippen LogP) is 3.60. The van der Waals surface area contributed by atoms with Crippen molar-refractivity contribution in [2.24, 2.45) is 0 Å². The number of hydrogen-bond donors (Lipinski definition) is 2. The monoisotopic (exact) mass is 250 g/mol. The van der Waals surface area contributed by atoms with Crippen LogP contribution in [0.4, 0.5) is 11.8 Å². The molecule has 0 aliphatic heterocycles. The molecule has 1 heterocycles. The maximum atomic E-state index is 4.56. The fourth-order valence-electron chi connectivity index (χ4n) is 1.60. The highest BCUT2D eigenvalue weighted by Crippen LogP contribution is 2.23. The molecule has 2 N–H and O–H groups in total. The molecule has 102 valence electrons. The van der Waals surface area contributed by atoms with Crippen LogP contribution in [0.25, 0.3) is 0 Å². The van der Waals surface area contributed by atoms with Gasteiger partial charge in [-0.15, -0.1) is 0 Å². The maximum Gasteiger partial charge on any atom is 0.224 e. The van der Waals surface area contributed by atoms with Gasteiger partial charge in [0.1, 0.15) is 5.82 Å². The standard InChI is InChI=1S/C14H26N4/c1-6-9-15-13-16-10-11(4)12(17-13)18-14(5,7-2)8-3/h10H,6-9H2,1-5H3,(H2,15,16,17,18). The van der Waals surface area contributed by atoms with Crippen LogP contribution in [0.2, 0.25) is 0 Å². The minimum Gasteiger partial charge on any atom is -0.365 e. The summed E-state index contributed by atoms with van der Waals surface area (Å²) in [6.07, 6.45) is 5.09. The fraction of sp³-hybridized carbons (Fsp3) is 0.714. The van der Waals surface area contributed by atoms with Crippen molar-refractivity contribution < 1.29 is 0 Å². The van der Waals surface area contributed by atoms with Crippen LogP contribution in [0.15, 0.2) is 6.20 Å². The Bertz CT molecular complexity index is 372. The van der Waals surface area contributed by atoms with Gasteiger partial charge < -0.3 is 10.6 Å². The third-order valence-electron chi connectivity index (χ3n) is 3.49. The van der Waals surface area contributed by atoms with E-state index in [-0.39, 0.29) is 5.54 Å². The summed E-state index contributed by atoms with van der Waals surface area (Å²) >= 11 is 0. The molecule has 0 aliphatic rings. The van der Waals surface area contributed by atoms with Crippen molar-refractivity contribution in [3.8, 4) is 0 Å². The van der Waals surface area contributed by atoms with Crippen molar-refractivity contribution in [1.82, 2.24) is 9.97 Å². The van der Waals surface area contributed by atoms with Gasteiger partial charge in [0.25, 0.3) is 0 Å². The van der Waals surface area contributed by atoms with Crippen molar-refractivity contribution in [2.45, 2.75) is 59.4 Å². The normalized spacial score (nSPS) is 11.4. The molecular formula is C14H26N4. The molecule has 0 aromatic carbocycles. The average Bonchev–Trinajstić information content (AvgIpc) is 2.39. The second kappa shape index (κ2) is 6.57. The van der Waals surface area contributed by atoms with E-state index < -0.39 is 0 Å². The van der Waals surface area contributed by atoms with E-state index >= 15 is 0 Å². The molecule has 0 saturated carbocycles. The summed E-state index contributed by atoms with van der Waals surface area (Å²) in [5.74, 6) is 1.65.